The first-order valence-corrected chi connectivity index (χ1v) is 13.7. The lowest BCUT2D eigenvalue weighted by Gasteiger charge is -2.51. The van der Waals surface area contributed by atoms with E-state index < -0.39 is 6.10 Å². The number of pyridine rings is 1. The Morgan fingerprint density at radius 2 is 1.82 bits per heavy atom. The number of piperidine rings is 3. The number of benzene rings is 3. The minimum atomic E-state index is -0.394. The molecule has 5 atom stereocenters. The van der Waals surface area contributed by atoms with E-state index in [0.717, 1.165) is 58.8 Å². The van der Waals surface area contributed by atoms with Crippen LogP contribution in [0.5, 0.6) is 5.75 Å². The van der Waals surface area contributed by atoms with Crippen molar-refractivity contribution in [3.05, 3.63) is 96.2 Å². The predicted octanol–water partition coefficient (Wildman–Crippen LogP) is 6.93. The maximum absolute atomic E-state index is 13.6. The number of fused-ring (bicyclic) bond motifs is 4. The molecule has 0 radical (unpaired) electrons. The van der Waals surface area contributed by atoms with Crippen molar-refractivity contribution in [2.24, 2.45) is 11.8 Å². The van der Waals surface area contributed by atoms with E-state index in [1.807, 2.05) is 72.9 Å². The molecule has 5 heteroatoms. The molecule has 3 saturated heterocycles. The molecule has 7 rings (SSSR count). The topological polar surface area (TPSA) is 51.7 Å². The molecular formula is C33H34N2O3. The summed E-state index contributed by atoms with van der Waals surface area (Å²) in [5.41, 5.74) is 4.63. The van der Waals surface area contributed by atoms with Crippen molar-refractivity contribution in [1.29, 1.82) is 0 Å². The molecule has 0 aliphatic carbocycles. The molecule has 2 bridgehead atoms. The zero-order valence-electron chi connectivity index (χ0n) is 22.0. The molecule has 4 aromatic rings. The molecule has 0 N–H and O–H groups in total. The van der Waals surface area contributed by atoms with E-state index in [9.17, 15) is 4.79 Å². The van der Waals surface area contributed by atoms with Crippen LogP contribution in [0.25, 0.3) is 22.0 Å². The number of ether oxygens (including phenoxy) is 2. The van der Waals surface area contributed by atoms with Crippen LogP contribution in [0.2, 0.25) is 0 Å². The first-order chi connectivity index (χ1) is 18.6. The third kappa shape index (κ3) is 4.67. The van der Waals surface area contributed by atoms with Gasteiger partial charge in [-0.1, -0.05) is 55.8 Å². The van der Waals surface area contributed by atoms with Gasteiger partial charge in [0.05, 0.1) is 24.2 Å². The number of carbonyl (C=O) groups excluding carboxylic acids is 1. The second-order valence-corrected chi connectivity index (χ2v) is 10.6. The molecule has 3 aliphatic heterocycles. The Hall–Kier alpha value is -3.70. The Bertz CT molecular complexity index is 1420. The van der Waals surface area contributed by atoms with Crippen molar-refractivity contribution in [1.82, 2.24) is 9.88 Å². The number of methoxy groups -OCH3 is 1. The smallest absolute Gasteiger partial charge is 0.338 e. The van der Waals surface area contributed by atoms with Crippen LogP contribution < -0.4 is 4.74 Å². The van der Waals surface area contributed by atoms with Crippen LogP contribution in [0.3, 0.4) is 0 Å². The largest absolute Gasteiger partial charge is 0.497 e. The van der Waals surface area contributed by atoms with Crippen LogP contribution in [-0.2, 0) is 4.74 Å². The normalized spacial score (nSPS) is 23.2. The van der Waals surface area contributed by atoms with Crippen LogP contribution in [0, 0.1) is 11.8 Å². The third-order valence-electron chi connectivity index (χ3n) is 8.56. The van der Waals surface area contributed by atoms with Gasteiger partial charge >= 0.3 is 5.97 Å². The quantitative estimate of drug-likeness (QED) is 0.255. The third-order valence-corrected chi connectivity index (χ3v) is 8.56. The monoisotopic (exact) mass is 506 g/mol. The van der Waals surface area contributed by atoms with Gasteiger partial charge in [0.25, 0.3) is 0 Å². The summed E-state index contributed by atoms with van der Waals surface area (Å²) in [6, 6.07) is 26.0. The Balaban J connectivity index is 1.35. The van der Waals surface area contributed by atoms with E-state index in [1.165, 1.54) is 12.8 Å². The fourth-order valence-electron chi connectivity index (χ4n) is 6.44. The van der Waals surface area contributed by atoms with E-state index in [0.29, 0.717) is 11.5 Å². The van der Waals surface area contributed by atoms with Gasteiger partial charge in [-0.2, -0.15) is 0 Å². The Morgan fingerprint density at radius 3 is 2.53 bits per heavy atom. The van der Waals surface area contributed by atoms with E-state index in [1.54, 1.807) is 7.11 Å². The van der Waals surface area contributed by atoms with Gasteiger partial charge in [-0.15, -0.1) is 0 Å². The molecule has 194 valence electrons. The van der Waals surface area contributed by atoms with Crippen LogP contribution in [0.15, 0.2) is 85.1 Å². The number of carbonyl (C=O) groups is 1. The van der Waals surface area contributed by atoms with E-state index in [4.69, 9.17) is 9.47 Å². The summed E-state index contributed by atoms with van der Waals surface area (Å²) in [6.07, 6.45) is 4.89. The van der Waals surface area contributed by atoms with Gasteiger partial charge in [-0.3, -0.25) is 9.88 Å². The zero-order chi connectivity index (χ0) is 26.1. The molecule has 1 aromatic heterocycles. The highest BCUT2D eigenvalue weighted by atomic mass is 16.5. The van der Waals surface area contributed by atoms with E-state index in [2.05, 4.69) is 28.9 Å². The molecule has 38 heavy (non-hydrogen) atoms. The van der Waals surface area contributed by atoms with Crippen molar-refractivity contribution in [3.8, 4) is 16.9 Å². The SMILES string of the molecule is CC[C@H]1CN2CC[C@H]1C[C@H]2[C@H](OC(=O)c1ccc(-c2ccccc2)cc1)c1ccnc2ccc(OC)cc12. The summed E-state index contributed by atoms with van der Waals surface area (Å²) >= 11 is 0. The van der Waals surface area contributed by atoms with E-state index in [-0.39, 0.29) is 12.0 Å². The highest BCUT2D eigenvalue weighted by molar-refractivity contribution is 5.91. The highest BCUT2D eigenvalue weighted by Gasteiger charge is 2.44. The number of aromatic nitrogens is 1. The molecule has 5 nitrogen and oxygen atoms in total. The number of esters is 1. The van der Waals surface area contributed by atoms with Crippen molar-refractivity contribution < 1.29 is 14.3 Å². The van der Waals surface area contributed by atoms with E-state index >= 15 is 0 Å². The van der Waals surface area contributed by atoms with Crippen LogP contribution >= 0.6 is 0 Å². The first kappa shape index (κ1) is 24.6. The lowest BCUT2D eigenvalue weighted by Crippen LogP contribution is -2.55. The van der Waals surface area contributed by atoms with Crippen molar-refractivity contribution in [3.63, 3.8) is 0 Å². The van der Waals surface area contributed by atoms with Crippen molar-refractivity contribution in [2.45, 2.75) is 38.3 Å². The molecule has 3 aromatic carbocycles. The minimum Gasteiger partial charge on any atom is -0.497 e. The molecule has 4 heterocycles. The maximum atomic E-state index is 13.6. The van der Waals surface area contributed by atoms with Gasteiger partial charge in [0.2, 0.25) is 0 Å². The lowest BCUT2D eigenvalue weighted by molar-refractivity contribution is -0.0659. The average Bonchev–Trinajstić information content (AvgIpc) is 3.00. The van der Waals surface area contributed by atoms with Gasteiger partial charge in [-0.25, -0.2) is 4.79 Å². The lowest BCUT2D eigenvalue weighted by atomic mass is 9.72. The van der Waals surface area contributed by atoms with Crippen LogP contribution in [-0.4, -0.2) is 42.1 Å². The fourth-order valence-corrected chi connectivity index (χ4v) is 6.44. The molecule has 1 unspecified atom stereocenters. The van der Waals surface area contributed by atoms with Crippen LogP contribution in [0.1, 0.15) is 48.2 Å². The van der Waals surface area contributed by atoms with Gasteiger partial charge in [0.15, 0.2) is 0 Å². The number of rotatable bonds is 7. The number of nitrogens with zero attached hydrogens (tertiary/aromatic N) is 2. The minimum absolute atomic E-state index is 0.140. The molecule has 0 amide bonds. The van der Waals surface area contributed by atoms with Gasteiger partial charge in [0, 0.05) is 23.7 Å². The van der Waals surface area contributed by atoms with Crippen LogP contribution in [0.4, 0.5) is 0 Å². The summed E-state index contributed by atoms with van der Waals surface area (Å²) in [5.74, 6) is 1.86. The Morgan fingerprint density at radius 1 is 1.03 bits per heavy atom. The summed E-state index contributed by atoms with van der Waals surface area (Å²) in [7, 11) is 1.67. The molecule has 0 saturated carbocycles. The predicted molar refractivity (Wildman–Crippen MR) is 150 cm³/mol. The van der Waals surface area contributed by atoms with Gasteiger partial charge < -0.3 is 9.47 Å². The number of hydrogen-bond acceptors (Lipinski definition) is 5. The van der Waals surface area contributed by atoms with Gasteiger partial charge in [0.1, 0.15) is 11.9 Å². The maximum Gasteiger partial charge on any atom is 0.338 e. The van der Waals surface area contributed by atoms with Crippen molar-refractivity contribution >= 4 is 16.9 Å². The fraction of sp³-hybridized carbons (Fsp3) is 0.333. The molecule has 0 spiro atoms. The first-order valence-electron chi connectivity index (χ1n) is 13.7. The summed E-state index contributed by atoms with van der Waals surface area (Å²) in [5, 5.41) is 0.971. The molecule has 3 fully saturated rings. The summed E-state index contributed by atoms with van der Waals surface area (Å²) < 4.78 is 12.0. The Labute approximate surface area is 224 Å². The second-order valence-electron chi connectivity index (χ2n) is 10.6. The summed E-state index contributed by atoms with van der Waals surface area (Å²) in [4.78, 5) is 20.8. The highest BCUT2D eigenvalue weighted by Crippen LogP contribution is 2.44. The zero-order valence-corrected chi connectivity index (χ0v) is 22.0. The van der Waals surface area contributed by atoms with Gasteiger partial charge in [-0.05, 0) is 78.7 Å². The molecule has 3 aliphatic rings. The van der Waals surface area contributed by atoms with Crippen molar-refractivity contribution in [2.75, 3.05) is 20.2 Å². The summed E-state index contributed by atoms with van der Waals surface area (Å²) in [6.45, 7) is 4.41. The second kappa shape index (κ2) is 10.6. The Kier molecular flexibility index (Phi) is 6.86. The standard InChI is InChI=1S/C33H34N2O3/c1-3-22-21-35-18-16-26(22)19-31(35)32(28-15-17-34-30-14-13-27(37-2)20-29(28)30)38-33(36)25-11-9-24(10-12-25)23-7-5-4-6-8-23/h4-15,17,20,22,26,31-32H,3,16,18-19,21H2,1-2H3/t22-,26-,31-,32+/m0/s1. The number of hydrogen-bond donors (Lipinski definition) is 0. The molecular weight excluding hydrogens is 472 g/mol. The average molecular weight is 507 g/mol.